The number of likely N-dealkylation sites (tertiary alicyclic amines) is 1. The van der Waals surface area contributed by atoms with Crippen molar-refractivity contribution in [3.63, 3.8) is 0 Å². The van der Waals surface area contributed by atoms with Gasteiger partial charge in [0.05, 0.1) is 25.4 Å². The highest BCUT2D eigenvalue weighted by molar-refractivity contribution is 5.98. The molecule has 28 heteroatoms. The molecule has 1 aromatic carbocycles. The number of carbonyl (C=O) groups is 11. The van der Waals surface area contributed by atoms with E-state index >= 15 is 0 Å². The zero-order chi connectivity index (χ0) is 55.8. The van der Waals surface area contributed by atoms with E-state index in [0.717, 1.165) is 11.8 Å². The molecule has 0 bridgehead atoms. The molecule has 1 aliphatic rings. The average molecular weight is 1050 g/mol. The Kier molecular flexibility index (Phi) is 26.9. The van der Waals surface area contributed by atoms with Crippen LogP contribution in [0.25, 0.3) is 0 Å². The van der Waals surface area contributed by atoms with Gasteiger partial charge in [-0.2, -0.15) is 0 Å². The lowest BCUT2D eigenvalue weighted by atomic mass is 10.0. The van der Waals surface area contributed by atoms with Gasteiger partial charge in [-0.3, -0.25) is 47.9 Å². The summed E-state index contributed by atoms with van der Waals surface area (Å²) >= 11 is 0. The third-order valence-corrected chi connectivity index (χ3v) is 11.8. The van der Waals surface area contributed by atoms with E-state index in [1.54, 1.807) is 13.8 Å². The Bertz CT molecular complexity index is 2110. The van der Waals surface area contributed by atoms with E-state index < -0.39 is 145 Å². The van der Waals surface area contributed by atoms with Crippen molar-refractivity contribution in [2.24, 2.45) is 28.9 Å². The van der Waals surface area contributed by atoms with Gasteiger partial charge in [0.1, 0.15) is 48.0 Å². The van der Waals surface area contributed by atoms with E-state index in [2.05, 4.69) is 37.2 Å². The fourth-order valence-electron chi connectivity index (χ4n) is 7.69. The zero-order valence-corrected chi connectivity index (χ0v) is 41.8. The number of unbranched alkanes of at least 4 members (excludes halogenated alkanes) is 1. The van der Waals surface area contributed by atoms with E-state index in [-0.39, 0.29) is 82.5 Å². The molecule has 1 fully saturated rings. The van der Waals surface area contributed by atoms with Crippen LogP contribution in [-0.4, -0.2) is 182 Å². The van der Waals surface area contributed by atoms with Crippen LogP contribution in [0, 0.1) is 5.92 Å². The molecule has 1 heterocycles. The number of benzene rings is 1. The second kappa shape index (κ2) is 31.6. The van der Waals surface area contributed by atoms with Gasteiger partial charge in [0.2, 0.25) is 59.1 Å². The molecule has 0 radical (unpaired) electrons. The zero-order valence-electron chi connectivity index (χ0n) is 41.8. The van der Waals surface area contributed by atoms with Crippen molar-refractivity contribution >= 4 is 65.0 Å². The molecular weight excluding hydrogens is 977 g/mol. The molecule has 10 atom stereocenters. The van der Waals surface area contributed by atoms with Crippen molar-refractivity contribution in [2.45, 2.75) is 152 Å². The number of rotatable bonds is 33. The smallest absolute Gasteiger partial charge is 0.328 e. The summed E-state index contributed by atoms with van der Waals surface area (Å²) in [5, 5.41) is 66.6. The maximum atomic E-state index is 14.2. The fraction of sp³-hybridized carbons (Fsp3) is 0.630. The van der Waals surface area contributed by atoms with E-state index in [9.17, 15) is 78.3 Å². The van der Waals surface area contributed by atoms with Gasteiger partial charge in [-0.05, 0) is 88.4 Å². The van der Waals surface area contributed by atoms with Crippen LogP contribution >= 0.6 is 0 Å². The lowest BCUT2D eigenvalue weighted by Gasteiger charge is -2.30. The Morgan fingerprint density at radius 3 is 1.69 bits per heavy atom. The van der Waals surface area contributed by atoms with Crippen molar-refractivity contribution in [3.8, 4) is 5.75 Å². The van der Waals surface area contributed by atoms with Gasteiger partial charge in [-0.25, -0.2) is 4.79 Å². The van der Waals surface area contributed by atoms with Gasteiger partial charge in [-0.1, -0.05) is 26.0 Å². The quantitative estimate of drug-likeness (QED) is 0.0291. The Labute approximate surface area is 427 Å². The van der Waals surface area contributed by atoms with Crippen molar-refractivity contribution < 1.29 is 78.3 Å². The van der Waals surface area contributed by atoms with Crippen LogP contribution in [0.15, 0.2) is 24.3 Å². The highest BCUT2D eigenvalue weighted by atomic mass is 16.4. The number of nitrogens with one attached hydrogen (secondary N) is 7. The molecule has 0 aliphatic carbocycles. The molecule has 1 aliphatic heterocycles. The van der Waals surface area contributed by atoms with Crippen LogP contribution in [0.4, 0.5) is 0 Å². The monoisotopic (exact) mass is 1050 g/mol. The number of nitrogens with zero attached hydrogens (tertiary/aromatic N) is 1. The number of phenolic OH excluding ortho intramolecular Hbond substituents is 1. The number of carboxylic acid groups (broad SMARTS) is 1. The summed E-state index contributed by atoms with van der Waals surface area (Å²) in [6.07, 6.45) is -2.03. The first-order valence-corrected chi connectivity index (χ1v) is 24.2. The van der Waals surface area contributed by atoms with E-state index in [0.29, 0.717) is 12.0 Å². The lowest BCUT2D eigenvalue weighted by Crippen LogP contribution is -2.61. The Morgan fingerprint density at radius 1 is 0.649 bits per heavy atom. The Hall–Kier alpha value is -7.01. The lowest BCUT2D eigenvalue weighted by molar-refractivity contribution is -0.146. The Morgan fingerprint density at radius 2 is 1.15 bits per heavy atom. The molecule has 0 spiro atoms. The van der Waals surface area contributed by atoms with E-state index in [1.165, 1.54) is 24.3 Å². The number of amides is 10. The van der Waals surface area contributed by atoms with Gasteiger partial charge in [-0.15, -0.1) is 0 Å². The fourth-order valence-corrected chi connectivity index (χ4v) is 7.69. The van der Waals surface area contributed by atoms with Gasteiger partial charge in [0.15, 0.2) is 6.04 Å². The predicted octanol–water partition coefficient (Wildman–Crippen LogP) is -6.20. The highest BCUT2D eigenvalue weighted by Crippen LogP contribution is 2.20. The molecule has 0 aromatic heterocycles. The van der Waals surface area contributed by atoms with Crippen LogP contribution in [0.3, 0.4) is 0 Å². The first-order valence-electron chi connectivity index (χ1n) is 24.2. The molecule has 10 amide bonds. The van der Waals surface area contributed by atoms with E-state index in [4.69, 9.17) is 22.9 Å². The normalized spacial score (nSPS) is 16.9. The molecule has 0 saturated carbocycles. The number of phenols is 1. The summed E-state index contributed by atoms with van der Waals surface area (Å²) < 4.78 is 0. The van der Waals surface area contributed by atoms with Gasteiger partial charge in [0.25, 0.3) is 0 Å². The van der Waals surface area contributed by atoms with Crippen molar-refractivity contribution in [1.82, 2.24) is 42.1 Å². The van der Waals surface area contributed by atoms with Crippen LogP contribution in [-0.2, 0) is 59.2 Å². The molecule has 0 unspecified atom stereocenters. The predicted molar refractivity (Wildman–Crippen MR) is 261 cm³/mol. The molecule has 1 aromatic rings. The van der Waals surface area contributed by atoms with E-state index in [1.807, 2.05) is 0 Å². The number of aliphatic carboxylic acids is 1. The first-order chi connectivity index (χ1) is 34.8. The maximum Gasteiger partial charge on any atom is 0.328 e. The topological polar surface area (TPSA) is 480 Å². The van der Waals surface area contributed by atoms with Crippen LogP contribution in [0.5, 0.6) is 5.75 Å². The summed E-state index contributed by atoms with van der Waals surface area (Å²) in [5.41, 5.74) is 22.4. The number of aromatic hydroxyl groups is 1. The van der Waals surface area contributed by atoms with Gasteiger partial charge >= 0.3 is 5.97 Å². The summed E-state index contributed by atoms with van der Waals surface area (Å²) in [5.74, 6) is -11.1. The molecule has 28 nitrogen and oxygen atoms in total. The first kappa shape index (κ1) is 63.1. The van der Waals surface area contributed by atoms with Gasteiger partial charge in [0, 0.05) is 25.8 Å². The minimum atomic E-state index is -1.81. The average Bonchev–Trinajstić information content (AvgIpc) is 3.84. The van der Waals surface area contributed by atoms with Crippen molar-refractivity contribution in [2.75, 3.05) is 26.3 Å². The SMILES string of the molecule is CC(C)C[C@H](NC(=O)[C@@H]1CCCN1C(=O)[C@H](CO)NC(=O)[C@H](CO)NC(=O)[C@H](CCCCN)NC(=O)[C@H](Cc1ccc(O)cc1)NC(=O)[C@H](CCC(N)=O)NC(=O)[C@@H](N)CCC(N)=O)C(=O)N[C@H](C(=O)O)[C@@H](C)O. The number of carboxylic acids is 1. The second-order valence-corrected chi connectivity index (χ2v) is 18.4. The number of nitrogens with two attached hydrogens (primary N) is 4. The molecule has 74 heavy (non-hydrogen) atoms. The third-order valence-electron chi connectivity index (χ3n) is 11.8. The number of aliphatic hydroxyl groups is 3. The Balaban J connectivity index is 2.34. The summed E-state index contributed by atoms with van der Waals surface area (Å²) in [7, 11) is 0. The summed E-state index contributed by atoms with van der Waals surface area (Å²) in [6.45, 7) is 2.71. The summed E-state index contributed by atoms with van der Waals surface area (Å²) in [4.78, 5) is 145. The number of aliphatic hydroxyl groups excluding tert-OH is 3. The molecule has 1 saturated heterocycles. The van der Waals surface area contributed by atoms with Gasteiger partial charge < -0.3 is 90.6 Å². The maximum absolute atomic E-state index is 14.2. The number of carbonyl (C=O) groups excluding carboxylic acids is 10. The highest BCUT2D eigenvalue weighted by Gasteiger charge is 2.40. The molecular formula is C46H74N12O16. The number of primary amides is 2. The number of hydrogen-bond acceptors (Lipinski definition) is 17. The second-order valence-electron chi connectivity index (χ2n) is 18.4. The standard InChI is InChI=1S/C46H74N12O16/c1-23(2)19-30(42(69)57-37(24(3)61)46(73)74)54-44(71)34-8-6-18-58(34)45(72)33(22-60)56-43(70)32(21-59)55-39(66)28(7-4-5-17-47)52-41(68)31(20-25-9-11-26(62)12-10-25)53-40(67)29(14-16-36(50)64)51-38(65)27(48)13-15-35(49)63/h9-12,23-24,27-34,37,59-62H,4-8,13-22,47-48H2,1-3H3,(H2,49,63)(H2,50,64)(H,51,65)(H,52,68)(H,53,67)(H,54,71)(H,55,66)(H,56,70)(H,57,69)(H,73,74)/t24-,27+,28+,29+,30+,31+,32+,33+,34+,37+/m1/s1. The largest absolute Gasteiger partial charge is 0.508 e. The minimum absolute atomic E-state index is 0.0266. The molecule has 414 valence electrons. The summed E-state index contributed by atoms with van der Waals surface area (Å²) in [6, 6.07) is -8.04. The van der Waals surface area contributed by atoms with Crippen LogP contribution in [0.2, 0.25) is 0 Å². The number of hydrogen-bond donors (Lipinski definition) is 16. The molecule has 2 rings (SSSR count). The van der Waals surface area contributed by atoms with Crippen molar-refractivity contribution in [1.29, 1.82) is 0 Å². The van der Waals surface area contributed by atoms with Crippen molar-refractivity contribution in [3.05, 3.63) is 29.8 Å². The van der Waals surface area contributed by atoms with Crippen LogP contribution < -0.4 is 60.2 Å². The van der Waals surface area contributed by atoms with Crippen LogP contribution in [0.1, 0.15) is 90.5 Å². The minimum Gasteiger partial charge on any atom is -0.508 e. The third kappa shape index (κ3) is 21.2. The molecule has 20 N–H and O–H groups in total.